The summed E-state index contributed by atoms with van der Waals surface area (Å²) in [6.45, 7) is 0. The van der Waals surface area contributed by atoms with Crippen molar-refractivity contribution < 1.29 is 35.9 Å². The summed E-state index contributed by atoms with van der Waals surface area (Å²) in [6.07, 6.45) is -9.21. The molecular weight excluding hydrogens is 485 g/mol. The molecule has 12 heteroatoms. The Bertz CT molecular complexity index is 854. The van der Waals surface area contributed by atoms with Gasteiger partial charge in [0.25, 0.3) is 0 Å². The third kappa shape index (κ3) is 6.77. The van der Waals surface area contributed by atoms with E-state index < -0.39 is 59.1 Å². The van der Waals surface area contributed by atoms with E-state index in [0.717, 1.165) is 48.5 Å². The van der Waals surface area contributed by atoms with Gasteiger partial charge in [-0.3, -0.25) is 9.59 Å². The molecule has 0 unspecified atom stereocenters. The highest BCUT2D eigenvalue weighted by Gasteiger charge is 2.33. The fourth-order valence-electron chi connectivity index (χ4n) is 2.90. The minimum absolute atomic E-state index is 0.149. The molecule has 0 aliphatic rings. The molecule has 2 N–H and O–H groups in total. The Morgan fingerprint density at radius 3 is 1.16 bits per heavy atom. The van der Waals surface area contributed by atoms with Crippen molar-refractivity contribution in [2.75, 3.05) is 11.8 Å². The van der Waals surface area contributed by atoms with Crippen molar-refractivity contribution >= 4 is 35.0 Å². The van der Waals surface area contributed by atoms with Crippen molar-refractivity contribution in [1.82, 2.24) is 10.6 Å². The summed E-state index contributed by atoms with van der Waals surface area (Å²) in [6, 6.07) is 5.16. The van der Waals surface area contributed by atoms with Crippen molar-refractivity contribution in [3.63, 3.8) is 0 Å². The predicted octanol–water partition coefficient (Wildman–Crippen LogP) is 5.22. The second kappa shape index (κ2) is 10.4. The van der Waals surface area contributed by atoms with Crippen molar-refractivity contribution in [3.8, 4) is 0 Å². The SMILES string of the molecule is O=C(CCl)N[C@@H](c1ccc(C(F)(F)F)cc1)[C@@H](NC(=O)CCl)c1ccc(C(F)(F)F)cc1. The topological polar surface area (TPSA) is 58.2 Å². The van der Waals surface area contributed by atoms with Crippen molar-refractivity contribution in [2.45, 2.75) is 24.4 Å². The van der Waals surface area contributed by atoms with Crippen molar-refractivity contribution in [3.05, 3.63) is 70.8 Å². The maximum atomic E-state index is 12.9. The number of carbonyl (C=O) groups excluding carboxylic acids is 2. The second-order valence-electron chi connectivity index (χ2n) is 6.60. The zero-order chi connectivity index (χ0) is 24.1. The lowest BCUT2D eigenvalue weighted by Gasteiger charge is -2.30. The average Bonchev–Trinajstić information content (AvgIpc) is 2.74. The van der Waals surface area contributed by atoms with Gasteiger partial charge in [0.15, 0.2) is 0 Å². The van der Waals surface area contributed by atoms with Gasteiger partial charge in [0, 0.05) is 0 Å². The normalized spacial score (nSPS) is 13.9. The third-order valence-electron chi connectivity index (χ3n) is 4.40. The van der Waals surface area contributed by atoms with Crippen LogP contribution >= 0.6 is 23.2 Å². The van der Waals surface area contributed by atoms with Crippen LogP contribution in [0.4, 0.5) is 26.3 Å². The van der Waals surface area contributed by atoms with Crippen LogP contribution in [-0.2, 0) is 21.9 Å². The van der Waals surface area contributed by atoms with E-state index in [-0.39, 0.29) is 11.1 Å². The summed E-state index contributed by atoms with van der Waals surface area (Å²) in [5.74, 6) is -2.43. The number of benzene rings is 2. The standard InChI is InChI=1S/C20H16Cl2F6N2O2/c21-9-15(31)29-17(11-1-5-13(6-2-11)19(23,24)25)18(30-16(32)10-22)12-3-7-14(8-4-12)20(26,27)28/h1-8,17-18H,9-10H2,(H,29,31)(H,30,32)/t17-,18-/m0/s1. The summed E-state index contributed by atoms with van der Waals surface area (Å²) in [5, 5.41) is 4.96. The lowest BCUT2D eigenvalue weighted by atomic mass is 9.91. The van der Waals surface area contributed by atoms with Crippen LogP contribution in [0, 0.1) is 0 Å². The Hall–Kier alpha value is -2.46. The van der Waals surface area contributed by atoms with E-state index in [1.807, 2.05) is 0 Å². The highest BCUT2D eigenvalue weighted by molar-refractivity contribution is 6.27. The van der Waals surface area contributed by atoms with E-state index in [1.54, 1.807) is 0 Å². The Morgan fingerprint density at radius 2 is 0.938 bits per heavy atom. The van der Waals surface area contributed by atoms with Gasteiger partial charge in [0.05, 0.1) is 23.2 Å². The zero-order valence-electron chi connectivity index (χ0n) is 16.0. The van der Waals surface area contributed by atoms with Gasteiger partial charge in [0.1, 0.15) is 11.8 Å². The monoisotopic (exact) mass is 500 g/mol. The van der Waals surface area contributed by atoms with E-state index in [4.69, 9.17) is 23.2 Å². The molecule has 2 rings (SSSR count). The number of halogens is 8. The third-order valence-corrected chi connectivity index (χ3v) is 4.89. The van der Waals surface area contributed by atoms with Crippen LogP contribution < -0.4 is 10.6 Å². The van der Waals surface area contributed by atoms with Crippen LogP contribution in [0.25, 0.3) is 0 Å². The van der Waals surface area contributed by atoms with Crippen molar-refractivity contribution in [1.29, 1.82) is 0 Å². The first kappa shape index (κ1) is 25.8. The minimum Gasteiger partial charge on any atom is -0.346 e. The van der Waals surface area contributed by atoms with Gasteiger partial charge >= 0.3 is 12.4 Å². The number of hydrogen-bond acceptors (Lipinski definition) is 2. The number of nitrogens with one attached hydrogen (secondary N) is 2. The van der Waals surface area contributed by atoms with Crippen LogP contribution in [0.3, 0.4) is 0 Å². The van der Waals surface area contributed by atoms with Gasteiger partial charge in [-0.05, 0) is 35.4 Å². The Labute approximate surface area is 188 Å². The molecule has 2 aromatic carbocycles. The van der Waals surface area contributed by atoms with Crippen LogP contribution in [0.2, 0.25) is 0 Å². The molecule has 0 saturated heterocycles. The number of hydrogen-bond donors (Lipinski definition) is 2. The van der Waals surface area contributed by atoms with E-state index >= 15 is 0 Å². The largest absolute Gasteiger partial charge is 0.416 e. The molecule has 0 aliphatic carbocycles. The van der Waals surface area contributed by atoms with Gasteiger partial charge in [0.2, 0.25) is 11.8 Å². The Kier molecular flexibility index (Phi) is 8.41. The molecule has 0 bridgehead atoms. The van der Waals surface area contributed by atoms with Gasteiger partial charge < -0.3 is 10.6 Å². The number of amides is 2. The van der Waals surface area contributed by atoms with E-state index in [9.17, 15) is 35.9 Å². The smallest absolute Gasteiger partial charge is 0.346 e. The first-order valence-corrected chi connectivity index (χ1v) is 9.98. The quantitative estimate of drug-likeness (QED) is 0.404. The lowest BCUT2D eigenvalue weighted by molar-refractivity contribution is -0.138. The average molecular weight is 501 g/mol. The molecule has 2 atom stereocenters. The van der Waals surface area contributed by atoms with E-state index in [1.165, 1.54) is 0 Å². The molecule has 0 aliphatic heterocycles. The molecule has 174 valence electrons. The molecule has 0 aromatic heterocycles. The Balaban J connectivity index is 2.54. The summed E-state index contributed by atoms with van der Waals surface area (Å²) >= 11 is 11.1. The fraction of sp³-hybridized carbons (Fsp3) is 0.300. The number of alkyl halides is 8. The van der Waals surface area contributed by atoms with Gasteiger partial charge in [-0.2, -0.15) is 26.3 Å². The van der Waals surface area contributed by atoms with Crippen molar-refractivity contribution in [2.24, 2.45) is 0 Å². The highest BCUT2D eigenvalue weighted by Crippen LogP contribution is 2.35. The van der Waals surface area contributed by atoms with Gasteiger partial charge in [-0.25, -0.2) is 0 Å². The molecule has 0 heterocycles. The number of carbonyl (C=O) groups is 2. The first-order chi connectivity index (χ1) is 14.9. The summed E-state index contributed by atoms with van der Waals surface area (Å²) < 4.78 is 77.5. The maximum Gasteiger partial charge on any atom is 0.416 e. The Morgan fingerprint density at radius 1 is 0.656 bits per heavy atom. The molecular formula is C20H16Cl2F6N2O2. The zero-order valence-corrected chi connectivity index (χ0v) is 17.5. The van der Waals surface area contributed by atoms with Crippen LogP contribution in [0.5, 0.6) is 0 Å². The lowest BCUT2D eigenvalue weighted by Crippen LogP contribution is -2.41. The molecule has 0 spiro atoms. The van der Waals surface area contributed by atoms with E-state index in [2.05, 4.69) is 10.6 Å². The summed E-state index contributed by atoms with van der Waals surface area (Å²) in [5.41, 5.74) is -1.59. The minimum atomic E-state index is -4.60. The maximum absolute atomic E-state index is 12.9. The fourth-order valence-corrected chi connectivity index (χ4v) is 3.06. The van der Waals surface area contributed by atoms with Crippen LogP contribution in [0.15, 0.2) is 48.5 Å². The molecule has 4 nitrogen and oxygen atoms in total. The molecule has 2 amide bonds. The highest BCUT2D eigenvalue weighted by atomic mass is 35.5. The van der Waals surface area contributed by atoms with E-state index in [0.29, 0.717) is 0 Å². The molecule has 2 aromatic rings. The summed E-state index contributed by atoms with van der Waals surface area (Å²) in [7, 11) is 0. The number of rotatable bonds is 7. The first-order valence-electron chi connectivity index (χ1n) is 8.91. The summed E-state index contributed by atoms with van der Waals surface area (Å²) in [4.78, 5) is 24.0. The van der Waals surface area contributed by atoms with Gasteiger partial charge in [-0.1, -0.05) is 24.3 Å². The molecule has 32 heavy (non-hydrogen) atoms. The second-order valence-corrected chi connectivity index (χ2v) is 7.13. The van der Waals surface area contributed by atoms with Gasteiger partial charge in [-0.15, -0.1) is 23.2 Å². The molecule has 0 saturated carbocycles. The van der Waals surface area contributed by atoms with Crippen LogP contribution in [-0.4, -0.2) is 23.6 Å². The predicted molar refractivity (Wildman–Crippen MR) is 106 cm³/mol. The van der Waals surface area contributed by atoms with Crippen LogP contribution in [0.1, 0.15) is 34.3 Å². The molecule has 0 fully saturated rings. The molecule has 0 radical (unpaired) electrons.